The molecule has 0 aromatic carbocycles. The lowest BCUT2D eigenvalue weighted by molar-refractivity contribution is -0.140. The molecule has 2 rings (SSSR count). The molecule has 1 atom stereocenters. The van der Waals surface area contributed by atoms with Gasteiger partial charge in [-0.3, -0.25) is 14.6 Å². The smallest absolute Gasteiger partial charge is 0.326 e. The SMILES string of the molecule is CC(C)[C@@H](NC(=O)c1ccc(-c2ccccn2)[nH]c1=O)C(=O)O. The number of amides is 1. The molecule has 0 bridgehead atoms. The summed E-state index contributed by atoms with van der Waals surface area (Å²) < 4.78 is 0. The van der Waals surface area contributed by atoms with Gasteiger partial charge in [0.05, 0.1) is 11.4 Å². The Bertz CT molecular complexity index is 768. The molecule has 2 heterocycles. The van der Waals surface area contributed by atoms with Crippen molar-refractivity contribution in [1.29, 1.82) is 0 Å². The first-order valence-corrected chi connectivity index (χ1v) is 7.08. The number of carbonyl (C=O) groups is 2. The number of hydrogen-bond donors (Lipinski definition) is 3. The highest BCUT2D eigenvalue weighted by Crippen LogP contribution is 2.11. The minimum absolute atomic E-state index is 0.142. The van der Waals surface area contributed by atoms with Crippen LogP contribution in [0.1, 0.15) is 24.2 Å². The van der Waals surface area contributed by atoms with Crippen molar-refractivity contribution < 1.29 is 14.7 Å². The quantitative estimate of drug-likeness (QED) is 0.769. The number of rotatable bonds is 5. The predicted octanol–water partition coefficient (Wildman–Crippen LogP) is 1.28. The lowest BCUT2D eigenvalue weighted by Gasteiger charge is -2.17. The summed E-state index contributed by atoms with van der Waals surface area (Å²) in [6, 6.07) is 7.12. The Labute approximate surface area is 132 Å². The number of carboxylic acids is 1. The molecule has 120 valence electrons. The molecule has 2 aromatic rings. The maximum atomic E-state index is 12.1. The van der Waals surface area contributed by atoms with Crippen molar-refractivity contribution >= 4 is 11.9 Å². The molecule has 7 heteroatoms. The number of aromatic nitrogens is 2. The minimum Gasteiger partial charge on any atom is -0.480 e. The third-order valence-corrected chi connectivity index (χ3v) is 3.31. The van der Waals surface area contributed by atoms with Gasteiger partial charge in [-0.05, 0) is 30.2 Å². The van der Waals surface area contributed by atoms with E-state index in [9.17, 15) is 14.4 Å². The summed E-state index contributed by atoms with van der Waals surface area (Å²) in [4.78, 5) is 42.0. The maximum Gasteiger partial charge on any atom is 0.326 e. The van der Waals surface area contributed by atoms with E-state index in [1.807, 2.05) is 0 Å². The molecule has 0 spiro atoms. The molecular weight excluding hydrogens is 298 g/mol. The zero-order chi connectivity index (χ0) is 17.0. The van der Waals surface area contributed by atoms with Gasteiger partial charge in [0.1, 0.15) is 11.6 Å². The highest BCUT2D eigenvalue weighted by Gasteiger charge is 2.25. The maximum absolute atomic E-state index is 12.1. The topological polar surface area (TPSA) is 112 Å². The number of carboxylic acid groups (broad SMARTS) is 1. The highest BCUT2D eigenvalue weighted by atomic mass is 16.4. The van der Waals surface area contributed by atoms with Crippen LogP contribution in [0.3, 0.4) is 0 Å². The van der Waals surface area contributed by atoms with Crippen LogP contribution < -0.4 is 10.9 Å². The number of pyridine rings is 2. The summed E-state index contributed by atoms with van der Waals surface area (Å²) in [5, 5.41) is 11.5. The van der Waals surface area contributed by atoms with Crippen LogP contribution in [0.4, 0.5) is 0 Å². The third-order valence-electron chi connectivity index (χ3n) is 3.31. The van der Waals surface area contributed by atoms with E-state index in [-0.39, 0.29) is 11.5 Å². The normalized spacial score (nSPS) is 12.0. The Hall–Kier alpha value is -2.96. The fourth-order valence-electron chi connectivity index (χ4n) is 2.06. The molecule has 0 fully saturated rings. The van der Waals surface area contributed by atoms with Crippen LogP contribution in [-0.2, 0) is 4.79 Å². The van der Waals surface area contributed by atoms with Gasteiger partial charge < -0.3 is 15.4 Å². The van der Waals surface area contributed by atoms with Crippen LogP contribution in [0.2, 0.25) is 0 Å². The fraction of sp³-hybridized carbons (Fsp3) is 0.250. The molecular formula is C16H17N3O4. The third kappa shape index (κ3) is 3.82. The van der Waals surface area contributed by atoms with E-state index >= 15 is 0 Å². The fourth-order valence-corrected chi connectivity index (χ4v) is 2.06. The molecule has 2 aromatic heterocycles. The molecule has 7 nitrogen and oxygen atoms in total. The summed E-state index contributed by atoms with van der Waals surface area (Å²) >= 11 is 0. The molecule has 0 aliphatic heterocycles. The Morgan fingerprint density at radius 3 is 2.48 bits per heavy atom. The number of H-pyrrole nitrogens is 1. The van der Waals surface area contributed by atoms with Crippen LogP contribution >= 0.6 is 0 Å². The molecule has 0 saturated carbocycles. The molecule has 0 aliphatic carbocycles. The first-order chi connectivity index (χ1) is 10.9. The first-order valence-electron chi connectivity index (χ1n) is 7.08. The Morgan fingerprint density at radius 2 is 1.96 bits per heavy atom. The predicted molar refractivity (Wildman–Crippen MR) is 84.0 cm³/mol. The molecule has 23 heavy (non-hydrogen) atoms. The zero-order valence-electron chi connectivity index (χ0n) is 12.7. The number of aromatic amines is 1. The van der Waals surface area contributed by atoms with Crippen molar-refractivity contribution in [2.75, 3.05) is 0 Å². The number of hydrogen-bond acceptors (Lipinski definition) is 4. The van der Waals surface area contributed by atoms with Crippen LogP contribution in [0.15, 0.2) is 41.3 Å². The van der Waals surface area contributed by atoms with E-state index in [0.717, 1.165) is 0 Å². The molecule has 3 N–H and O–H groups in total. The molecule has 0 saturated heterocycles. The first kappa shape index (κ1) is 16.4. The summed E-state index contributed by atoms with van der Waals surface area (Å²) in [6.07, 6.45) is 1.59. The van der Waals surface area contributed by atoms with Gasteiger partial charge in [-0.1, -0.05) is 19.9 Å². The Kier molecular flexibility index (Phi) is 4.90. The van der Waals surface area contributed by atoms with Crippen molar-refractivity contribution in [3.8, 4) is 11.4 Å². The van der Waals surface area contributed by atoms with Gasteiger partial charge in [-0.25, -0.2) is 4.79 Å². The van der Waals surface area contributed by atoms with Crippen molar-refractivity contribution in [3.05, 3.63) is 52.4 Å². The van der Waals surface area contributed by atoms with Gasteiger partial charge in [0.25, 0.3) is 11.5 Å². The minimum atomic E-state index is -1.14. The van der Waals surface area contributed by atoms with Crippen LogP contribution in [0.5, 0.6) is 0 Å². The van der Waals surface area contributed by atoms with Crippen LogP contribution in [0.25, 0.3) is 11.4 Å². The summed E-state index contributed by atoms with van der Waals surface area (Å²) in [5.74, 6) is -2.17. The van der Waals surface area contributed by atoms with Gasteiger partial charge >= 0.3 is 5.97 Å². The van der Waals surface area contributed by atoms with E-state index < -0.39 is 23.5 Å². The molecule has 0 radical (unpaired) electrons. The summed E-state index contributed by atoms with van der Waals surface area (Å²) in [7, 11) is 0. The van der Waals surface area contributed by atoms with E-state index in [2.05, 4.69) is 15.3 Å². The van der Waals surface area contributed by atoms with E-state index in [1.54, 1.807) is 44.3 Å². The summed E-state index contributed by atoms with van der Waals surface area (Å²) in [6.45, 7) is 3.35. The lowest BCUT2D eigenvalue weighted by atomic mass is 10.0. The van der Waals surface area contributed by atoms with Crippen LogP contribution in [0, 0.1) is 5.92 Å². The van der Waals surface area contributed by atoms with Gasteiger partial charge in [0.2, 0.25) is 0 Å². The number of nitrogens with zero attached hydrogens (tertiary/aromatic N) is 1. The average Bonchev–Trinajstić information content (AvgIpc) is 2.52. The lowest BCUT2D eigenvalue weighted by Crippen LogP contribution is -2.45. The monoisotopic (exact) mass is 315 g/mol. The van der Waals surface area contributed by atoms with Crippen molar-refractivity contribution in [2.24, 2.45) is 5.92 Å². The van der Waals surface area contributed by atoms with Crippen LogP contribution in [-0.4, -0.2) is 33.0 Å². The molecule has 1 amide bonds. The van der Waals surface area contributed by atoms with Gasteiger partial charge in [-0.2, -0.15) is 0 Å². The standard InChI is InChI=1S/C16H17N3O4/c1-9(2)13(16(22)23)19-15(21)10-6-7-12(18-14(10)20)11-5-3-4-8-17-11/h3-9,13H,1-2H3,(H,18,20)(H,19,21)(H,22,23)/t13-/m1/s1. The Morgan fingerprint density at radius 1 is 1.22 bits per heavy atom. The largest absolute Gasteiger partial charge is 0.480 e. The van der Waals surface area contributed by atoms with E-state index in [1.165, 1.54) is 6.07 Å². The van der Waals surface area contributed by atoms with Gasteiger partial charge in [-0.15, -0.1) is 0 Å². The van der Waals surface area contributed by atoms with E-state index in [0.29, 0.717) is 11.4 Å². The van der Waals surface area contributed by atoms with E-state index in [4.69, 9.17) is 5.11 Å². The van der Waals surface area contributed by atoms with Gasteiger partial charge in [0, 0.05) is 6.20 Å². The number of nitrogens with one attached hydrogen (secondary N) is 2. The Balaban J connectivity index is 2.26. The number of aliphatic carboxylic acids is 1. The second-order valence-corrected chi connectivity index (χ2v) is 5.36. The second-order valence-electron chi connectivity index (χ2n) is 5.36. The zero-order valence-corrected chi connectivity index (χ0v) is 12.7. The van der Waals surface area contributed by atoms with Crippen molar-refractivity contribution in [2.45, 2.75) is 19.9 Å². The molecule has 0 unspecified atom stereocenters. The highest BCUT2D eigenvalue weighted by molar-refractivity contribution is 5.96. The second kappa shape index (κ2) is 6.87. The van der Waals surface area contributed by atoms with Crippen molar-refractivity contribution in [3.63, 3.8) is 0 Å². The summed E-state index contributed by atoms with van der Waals surface area (Å²) in [5.41, 5.74) is 0.308. The number of carbonyl (C=O) groups excluding carboxylic acids is 1. The molecule has 0 aliphatic rings. The average molecular weight is 315 g/mol. The van der Waals surface area contributed by atoms with Gasteiger partial charge in [0.15, 0.2) is 0 Å². The van der Waals surface area contributed by atoms with Crippen molar-refractivity contribution in [1.82, 2.24) is 15.3 Å².